The molecule has 1 saturated heterocycles. The van der Waals surface area contributed by atoms with Crippen molar-refractivity contribution in [1.82, 2.24) is 9.80 Å². The van der Waals surface area contributed by atoms with E-state index in [4.69, 9.17) is 38.6 Å². The van der Waals surface area contributed by atoms with Crippen molar-refractivity contribution < 1.29 is 14.2 Å². The molecule has 2 aromatic rings. The second-order valence-corrected chi connectivity index (χ2v) is 8.21. The zero-order valence-corrected chi connectivity index (χ0v) is 20.3. The normalized spacial score (nSPS) is 13.6. The van der Waals surface area contributed by atoms with Gasteiger partial charge in [-0.3, -0.25) is 0 Å². The summed E-state index contributed by atoms with van der Waals surface area (Å²) in [6.07, 6.45) is 0. The van der Waals surface area contributed by atoms with Crippen molar-refractivity contribution in [3.05, 3.63) is 47.5 Å². The molecule has 3 rings (SSSR count). The number of rotatable bonds is 6. The predicted octanol–water partition coefficient (Wildman–Crippen LogP) is 3.45. The van der Waals surface area contributed by atoms with Crippen LogP contribution in [0.1, 0.15) is 11.1 Å². The van der Waals surface area contributed by atoms with E-state index in [2.05, 4.69) is 39.0 Å². The van der Waals surface area contributed by atoms with E-state index in [1.165, 1.54) is 0 Å². The molecule has 0 aromatic heterocycles. The SMILES string of the molecule is COc1cc(C(=S)N2CCN(C(=S)c3ccc(N(C)C)cc3)CC2)cc(OC)c1OC. The van der Waals surface area contributed by atoms with E-state index in [9.17, 15) is 0 Å². The Morgan fingerprint density at radius 2 is 1.19 bits per heavy atom. The molecule has 0 atom stereocenters. The van der Waals surface area contributed by atoms with Crippen LogP contribution in [0.5, 0.6) is 17.2 Å². The molecule has 2 aromatic carbocycles. The van der Waals surface area contributed by atoms with Crippen molar-refractivity contribution in [3.8, 4) is 17.2 Å². The minimum absolute atomic E-state index is 0.562. The molecule has 1 aliphatic rings. The highest BCUT2D eigenvalue weighted by Gasteiger charge is 2.24. The third kappa shape index (κ3) is 5.02. The quantitative estimate of drug-likeness (QED) is 0.608. The molecule has 0 bridgehead atoms. The first kappa shape index (κ1) is 23.1. The van der Waals surface area contributed by atoms with Crippen LogP contribution < -0.4 is 19.1 Å². The number of nitrogens with zero attached hydrogens (tertiary/aromatic N) is 3. The lowest BCUT2D eigenvalue weighted by Gasteiger charge is -2.37. The van der Waals surface area contributed by atoms with Gasteiger partial charge in [0, 0.05) is 57.1 Å². The number of anilines is 1. The first-order valence-corrected chi connectivity index (χ1v) is 10.9. The fraction of sp³-hybridized carbons (Fsp3) is 0.391. The highest BCUT2D eigenvalue weighted by Crippen LogP contribution is 2.38. The number of hydrogen-bond donors (Lipinski definition) is 0. The number of thiocarbonyl (C=S) groups is 2. The van der Waals surface area contributed by atoms with Crippen molar-refractivity contribution in [1.29, 1.82) is 0 Å². The summed E-state index contributed by atoms with van der Waals surface area (Å²) in [6.45, 7) is 3.23. The lowest BCUT2D eigenvalue weighted by molar-refractivity contribution is 0.265. The molecule has 0 amide bonds. The van der Waals surface area contributed by atoms with Gasteiger partial charge in [0.15, 0.2) is 11.5 Å². The summed E-state index contributed by atoms with van der Waals surface area (Å²) < 4.78 is 16.3. The molecule has 0 spiro atoms. The van der Waals surface area contributed by atoms with Gasteiger partial charge in [-0.15, -0.1) is 0 Å². The number of ether oxygens (including phenoxy) is 3. The molecule has 0 unspecified atom stereocenters. The average Bonchev–Trinajstić information content (AvgIpc) is 2.82. The fourth-order valence-corrected chi connectivity index (χ4v) is 4.20. The Labute approximate surface area is 195 Å². The second-order valence-electron chi connectivity index (χ2n) is 7.44. The van der Waals surface area contributed by atoms with Crippen LogP contribution in [-0.4, -0.2) is 81.4 Å². The molecule has 0 N–H and O–H groups in total. The van der Waals surface area contributed by atoms with Gasteiger partial charge in [-0.1, -0.05) is 24.4 Å². The summed E-state index contributed by atoms with van der Waals surface area (Å²) in [5.41, 5.74) is 3.10. The zero-order chi connectivity index (χ0) is 22.5. The highest BCUT2D eigenvalue weighted by molar-refractivity contribution is 7.81. The second kappa shape index (κ2) is 10.2. The Balaban J connectivity index is 1.68. The molecule has 8 heteroatoms. The predicted molar refractivity (Wildman–Crippen MR) is 133 cm³/mol. The molecule has 31 heavy (non-hydrogen) atoms. The van der Waals surface area contributed by atoms with Crippen LogP contribution in [-0.2, 0) is 0 Å². The van der Waals surface area contributed by atoms with Crippen LogP contribution in [0.15, 0.2) is 36.4 Å². The van der Waals surface area contributed by atoms with Gasteiger partial charge in [0.25, 0.3) is 0 Å². The van der Waals surface area contributed by atoms with Crippen LogP contribution in [0.3, 0.4) is 0 Å². The summed E-state index contributed by atoms with van der Waals surface area (Å²) in [5, 5.41) is 0. The lowest BCUT2D eigenvalue weighted by atomic mass is 10.1. The summed E-state index contributed by atoms with van der Waals surface area (Å²) in [4.78, 5) is 8.16. The van der Waals surface area contributed by atoms with Crippen LogP contribution in [0, 0.1) is 0 Å². The van der Waals surface area contributed by atoms with E-state index in [0.29, 0.717) is 17.2 Å². The van der Waals surface area contributed by atoms with Gasteiger partial charge in [0.05, 0.1) is 21.3 Å². The van der Waals surface area contributed by atoms with Crippen LogP contribution >= 0.6 is 24.4 Å². The maximum Gasteiger partial charge on any atom is 0.203 e. The van der Waals surface area contributed by atoms with Gasteiger partial charge in [-0.2, -0.15) is 0 Å². The Kier molecular flexibility index (Phi) is 7.56. The van der Waals surface area contributed by atoms with Crippen LogP contribution in [0.2, 0.25) is 0 Å². The summed E-state index contributed by atoms with van der Waals surface area (Å²) in [6, 6.07) is 12.2. The molecule has 1 aliphatic heterocycles. The number of hydrogen-bond acceptors (Lipinski definition) is 6. The van der Waals surface area contributed by atoms with Gasteiger partial charge >= 0.3 is 0 Å². The lowest BCUT2D eigenvalue weighted by Crippen LogP contribution is -2.50. The Morgan fingerprint density at radius 1 is 0.742 bits per heavy atom. The van der Waals surface area contributed by atoms with Gasteiger partial charge in [0.1, 0.15) is 9.98 Å². The minimum Gasteiger partial charge on any atom is -0.493 e. The molecule has 6 nitrogen and oxygen atoms in total. The molecule has 0 aliphatic carbocycles. The van der Waals surface area contributed by atoms with Crippen molar-refractivity contribution in [2.24, 2.45) is 0 Å². The summed E-state index contributed by atoms with van der Waals surface area (Å²) in [7, 11) is 8.87. The van der Waals surface area contributed by atoms with Gasteiger partial charge in [-0.25, -0.2) is 0 Å². The number of piperazine rings is 1. The first-order chi connectivity index (χ1) is 14.9. The maximum atomic E-state index is 5.79. The van der Waals surface area contributed by atoms with Crippen molar-refractivity contribution in [2.75, 3.05) is 66.5 Å². The van der Waals surface area contributed by atoms with Crippen molar-refractivity contribution in [2.45, 2.75) is 0 Å². The number of methoxy groups -OCH3 is 3. The van der Waals surface area contributed by atoms with E-state index < -0.39 is 0 Å². The van der Waals surface area contributed by atoms with Crippen molar-refractivity contribution >= 4 is 40.1 Å². The third-order valence-corrected chi connectivity index (χ3v) is 6.38. The van der Waals surface area contributed by atoms with E-state index in [0.717, 1.165) is 53.0 Å². The molecule has 1 heterocycles. The van der Waals surface area contributed by atoms with Crippen molar-refractivity contribution in [3.63, 3.8) is 0 Å². The third-order valence-electron chi connectivity index (χ3n) is 5.40. The monoisotopic (exact) mass is 459 g/mol. The van der Waals surface area contributed by atoms with Gasteiger partial charge in [0.2, 0.25) is 5.75 Å². The minimum atomic E-state index is 0.562. The molecule has 166 valence electrons. The van der Waals surface area contributed by atoms with E-state index in [1.807, 2.05) is 26.2 Å². The molecular formula is C23H29N3O3S2. The Bertz CT molecular complexity index is 915. The van der Waals surface area contributed by atoms with E-state index >= 15 is 0 Å². The Morgan fingerprint density at radius 3 is 1.58 bits per heavy atom. The van der Waals surface area contributed by atoms with Crippen LogP contribution in [0.25, 0.3) is 0 Å². The summed E-state index contributed by atoms with van der Waals surface area (Å²) >= 11 is 11.5. The van der Waals surface area contributed by atoms with E-state index in [1.54, 1.807) is 21.3 Å². The smallest absolute Gasteiger partial charge is 0.203 e. The zero-order valence-electron chi connectivity index (χ0n) is 18.7. The van der Waals surface area contributed by atoms with Gasteiger partial charge < -0.3 is 28.9 Å². The van der Waals surface area contributed by atoms with Gasteiger partial charge in [-0.05, 0) is 36.4 Å². The highest BCUT2D eigenvalue weighted by atomic mass is 32.1. The topological polar surface area (TPSA) is 37.4 Å². The average molecular weight is 460 g/mol. The van der Waals surface area contributed by atoms with E-state index in [-0.39, 0.29) is 0 Å². The summed E-state index contributed by atoms with van der Waals surface area (Å²) in [5.74, 6) is 1.76. The maximum absolute atomic E-state index is 5.79. The molecular weight excluding hydrogens is 430 g/mol. The first-order valence-electron chi connectivity index (χ1n) is 10.1. The number of benzene rings is 2. The molecule has 0 saturated carbocycles. The van der Waals surface area contributed by atoms with Crippen LogP contribution in [0.4, 0.5) is 5.69 Å². The largest absolute Gasteiger partial charge is 0.493 e. The Hall–Kier alpha value is -2.58. The standard InChI is InChI=1S/C23H29N3O3S2/c1-24(2)18-8-6-16(7-9-18)22(30)25-10-12-26(13-11-25)23(31)17-14-19(27-3)21(29-5)20(15-17)28-4/h6-9,14-15H,10-13H2,1-5H3. The molecule has 1 fully saturated rings. The molecule has 0 radical (unpaired) electrons. The fourth-order valence-electron chi connectivity index (χ4n) is 3.58.